The Bertz CT molecular complexity index is 1440. The van der Waals surface area contributed by atoms with Crippen LogP contribution >= 0.6 is 0 Å². The van der Waals surface area contributed by atoms with E-state index in [-0.39, 0.29) is 6.10 Å². The fraction of sp³-hybridized carbons (Fsp3) is 0.357. The van der Waals surface area contributed by atoms with Gasteiger partial charge in [0, 0.05) is 17.1 Å². The van der Waals surface area contributed by atoms with Gasteiger partial charge in [0.05, 0.1) is 23.3 Å². The van der Waals surface area contributed by atoms with Crippen molar-refractivity contribution in [1.82, 2.24) is 19.3 Å². The van der Waals surface area contributed by atoms with E-state index >= 15 is 0 Å². The first-order valence-corrected chi connectivity index (χ1v) is 12.8. The van der Waals surface area contributed by atoms with Crippen molar-refractivity contribution in [1.29, 1.82) is 5.26 Å². The molecule has 0 saturated heterocycles. The molecule has 0 bridgehead atoms. The van der Waals surface area contributed by atoms with Crippen molar-refractivity contribution in [2.75, 3.05) is 11.9 Å². The summed E-state index contributed by atoms with van der Waals surface area (Å²) in [7, 11) is 0. The lowest BCUT2D eigenvalue weighted by Gasteiger charge is -2.30. The molecular weight excluding hydrogens is 468 g/mol. The molecule has 0 unspecified atom stereocenters. The summed E-state index contributed by atoms with van der Waals surface area (Å²) in [6.45, 7) is 1.04. The lowest BCUT2D eigenvalue weighted by atomic mass is 9.92. The molecule has 2 aromatic heterocycles. The zero-order valence-electron chi connectivity index (χ0n) is 20.5. The van der Waals surface area contributed by atoms with Gasteiger partial charge in [-0.25, -0.2) is 14.5 Å². The van der Waals surface area contributed by atoms with E-state index in [4.69, 9.17) is 9.47 Å². The van der Waals surface area contributed by atoms with Gasteiger partial charge in [0.25, 0.3) is 0 Å². The summed E-state index contributed by atoms with van der Waals surface area (Å²) < 4.78 is 15.4. The number of nitrogens with one attached hydrogen (secondary N) is 1. The van der Waals surface area contributed by atoms with Crippen molar-refractivity contribution in [3.05, 3.63) is 60.7 Å². The van der Waals surface area contributed by atoms with Crippen molar-refractivity contribution in [3.63, 3.8) is 0 Å². The summed E-state index contributed by atoms with van der Waals surface area (Å²) in [4.78, 5) is 16.1. The Labute approximate surface area is 214 Å². The Morgan fingerprint density at radius 3 is 2.57 bits per heavy atom. The number of nitriles is 1. The zero-order chi connectivity index (χ0) is 25.2. The molecule has 2 aromatic carbocycles. The van der Waals surface area contributed by atoms with Crippen molar-refractivity contribution in [2.24, 2.45) is 0 Å². The maximum absolute atomic E-state index is 12.2. The second-order valence-electron chi connectivity index (χ2n) is 9.64. The molecule has 4 aromatic rings. The summed E-state index contributed by atoms with van der Waals surface area (Å²) >= 11 is 0. The second-order valence-corrected chi connectivity index (χ2v) is 9.64. The number of anilines is 1. The van der Waals surface area contributed by atoms with E-state index in [1.54, 1.807) is 11.0 Å². The average molecular weight is 497 g/mol. The van der Waals surface area contributed by atoms with Crippen LogP contribution in [0.3, 0.4) is 0 Å². The minimum absolute atomic E-state index is 0.0343. The van der Waals surface area contributed by atoms with Crippen LogP contribution in [0.5, 0.6) is 5.75 Å². The number of benzene rings is 2. The topological polar surface area (TPSA) is 107 Å². The predicted molar refractivity (Wildman–Crippen MR) is 138 cm³/mol. The molecule has 2 fully saturated rings. The van der Waals surface area contributed by atoms with E-state index in [0.717, 1.165) is 54.3 Å². The third-order valence-corrected chi connectivity index (χ3v) is 7.31. The van der Waals surface area contributed by atoms with E-state index in [1.807, 2.05) is 36.4 Å². The van der Waals surface area contributed by atoms with Gasteiger partial charge in [0.15, 0.2) is 0 Å². The third-order valence-electron chi connectivity index (χ3n) is 7.31. The molecule has 9 nitrogen and oxygen atoms in total. The molecule has 9 heteroatoms. The standard InChI is InChI=1S/C28H28N6O3/c29-16-25-24-15-23(36-14-13-33-18-30-17-31-33)11-12-26(24)34(21-3-1-4-21)27(25)19-7-9-20(10-8-19)32-28(35)37-22-5-2-6-22/h7-12,15,17-18,21-22H,1-6,13-14H2,(H,32,35). The van der Waals surface area contributed by atoms with Crippen LogP contribution in [0.1, 0.15) is 50.1 Å². The van der Waals surface area contributed by atoms with Crippen molar-refractivity contribution >= 4 is 22.7 Å². The van der Waals surface area contributed by atoms with Gasteiger partial charge in [0.1, 0.15) is 37.2 Å². The van der Waals surface area contributed by atoms with Crippen LogP contribution in [-0.4, -0.2) is 38.1 Å². The number of amides is 1. The zero-order valence-corrected chi connectivity index (χ0v) is 20.5. The third kappa shape index (κ3) is 4.62. The Kier molecular flexibility index (Phi) is 6.23. The second kappa shape index (κ2) is 9.97. The summed E-state index contributed by atoms with van der Waals surface area (Å²) in [6.07, 6.45) is 9.10. The van der Waals surface area contributed by atoms with Crippen molar-refractivity contribution < 1.29 is 14.3 Å². The highest BCUT2D eigenvalue weighted by atomic mass is 16.6. The molecule has 2 aliphatic rings. The van der Waals surface area contributed by atoms with E-state index in [2.05, 4.69) is 32.1 Å². The van der Waals surface area contributed by atoms with Gasteiger partial charge >= 0.3 is 6.09 Å². The fourth-order valence-corrected chi connectivity index (χ4v) is 4.91. The summed E-state index contributed by atoms with van der Waals surface area (Å²) in [5.41, 5.74) is 4.18. The fourth-order valence-electron chi connectivity index (χ4n) is 4.91. The monoisotopic (exact) mass is 496 g/mol. The molecule has 2 aliphatic carbocycles. The minimum Gasteiger partial charge on any atom is -0.492 e. The van der Waals surface area contributed by atoms with Crippen LogP contribution in [0, 0.1) is 11.3 Å². The van der Waals surface area contributed by atoms with Gasteiger partial charge < -0.3 is 14.0 Å². The van der Waals surface area contributed by atoms with Crippen LogP contribution in [0.25, 0.3) is 22.2 Å². The van der Waals surface area contributed by atoms with Crippen molar-refractivity contribution in [3.8, 4) is 23.1 Å². The van der Waals surface area contributed by atoms with Gasteiger partial charge in [-0.2, -0.15) is 10.4 Å². The number of rotatable bonds is 8. The van der Waals surface area contributed by atoms with Crippen LogP contribution in [0.2, 0.25) is 0 Å². The van der Waals surface area contributed by atoms with Crippen molar-refractivity contribution in [2.45, 2.75) is 57.2 Å². The number of aromatic nitrogens is 4. The summed E-state index contributed by atoms with van der Waals surface area (Å²) in [5.74, 6) is 0.714. The van der Waals surface area contributed by atoms with Gasteiger partial charge in [0.2, 0.25) is 0 Å². The average Bonchev–Trinajstić information content (AvgIpc) is 3.47. The highest BCUT2D eigenvalue weighted by Crippen LogP contribution is 2.43. The molecule has 2 saturated carbocycles. The lowest BCUT2D eigenvalue weighted by Crippen LogP contribution is -2.27. The number of hydrogen-bond donors (Lipinski definition) is 1. The normalized spacial score (nSPS) is 15.5. The van der Waals surface area contributed by atoms with Crippen LogP contribution in [-0.2, 0) is 11.3 Å². The Hall–Kier alpha value is -4.32. The highest BCUT2D eigenvalue weighted by molar-refractivity contribution is 5.96. The molecule has 0 radical (unpaired) electrons. The van der Waals surface area contributed by atoms with Crippen LogP contribution in [0.4, 0.5) is 10.5 Å². The minimum atomic E-state index is -0.421. The smallest absolute Gasteiger partial charge is 0.411 e. The molecule has 1 amide bonds. The van der Waals surface area contributed by atoms with Crippen LogP contribution in [0.15, 0.2) is 55.1 Å². The lowest BCUT2D eigenvalue weighted by molar-refractivity contribution is 0.0624. The molecule has 0 atom stereocenters. The Morgan fingerprint density at radius 2 is 1.92 bits per heavy atom. The highest BCUT2D eigenvalue weighted by Gasteiger charge is 2.28. The Balaban J connectivity index is 1.28. The summed E-state index contributed by atoms with van der Waals surface area (Å²) in [6, 6.07) is 16.4. The van der Waals surface area contributed by atoms with Gasteiger partial charge in [-0.15, -0.1) is 0 Å². The van der Waals surface area contributed by atoms with E-state index in [9.17, 15) is 10.1 Å². The number of ether oxygens (including phenoxy) is 2. The quantitative estimate of drug-likeness (QED) is 0.336. The maximum Gasteiger partial charge on any atom is 0.411 e. The predicted octanol–water partition coefficient (Wildman–Crippen LogP) is 5.68. The van der Waals surface area contributed by atoms with Crippen LogP contribution < -0.4 is 10.1 Å². The molecule has 37 heavy (non-hydrogen) atoms. The molecular formula is C28H28N6O3. The molecule has 0 spiro atoms. The number of nitrogens with zero attached hydrogens (tertiary/aromatic N) is 5. The summed E-state index contributed by atoms with van der Waals surface area (Å²) in [5, 5.41) is 18.0. The first-order chi connectivity index (χ1) is 18.2. The molecule has 188 valence electrons. The van der Waals surface area contributed by atoms with E-state index < -0.39 is 6.09 Å². The Morgan fingerprint density at radius 1 is 1.11 bits per heavy atom. The number of carbonyl (C=O) groups is 1. The molecule has 2 heterocycles. The van der Waals surface area contributed by atoms with Gasteiger partial charge in [-0.3, -0.25) is 5.32 Å². The molecule has 6 rings (SSSR count). The van der Waals surface area contributed by atoms with E-state index in [0.29, 0.717) is 36.2 Å². The number of fused-ring (bicyclic) bond motifs is 1. The first kappa shape index (κ1) is 23.1. The first-order valence-electron chi connectivity index (χ1n) is 12.8. The van der Waals surface area contributed by atoms with E-state index in [1.165, 1.54) is 12.7 Å². The molecule has 1 N–H and O–H groups in total. The molecule has 0 aliphatic heterocycles. The number of hydrogen-bond acceptors (Lipinski definition) is 6. The van der Waals surface area contributed by atoms with Gasteiger partial charge in [-0.05, 0) is 74.4 Å². The number of carbonyl (C=O) groups excluding carboxylic acids is 1. The van der Waals surface area contributed by atoms with Gasteiger partial charge in [-0.1, -0.05) is 12.1 Å². The largest absolute Gasteiger partial charge is 0.492 e. The SMILES string of the molecule is N#Cc1c(-c2ccc(NC(=O)OC3CCC3)cc2)n(C2CCC2)c2ccc(OCCn3cncn3)cc12. The maximum atomic E-state index is 12.2.